The Labute approximate surface area is 194 Å². The Hall–Kier alpha value is -3.22. The van der Waals surface area contributed by atoms with Crippen LogP contribution in [0.2, 0.25) is 0 Å². The van der Waals surface area contributed by atoms with Crippen molar-refractivity contribution in [3.05, 3.63) is 23.8 Å². The third kappa shape index (κ3) is 4.83. The molecular formula is C21H27F3N8O2. The van der Waals surface area contributed by atoms with Gasteiger partial charge in [-0.15, -0.1) is 0 Å². The number of carbonyl (C=O) groups is 1. The minimum absolute atomic E-state index is 0.0242. The van der Waals surface area contributed by atoms with Gasteiger partial charge in [-0.3, -0.25) is 4.79 Å². The first-order valence-corrected chi connectivity index (χ1v) is 10.9. The third-order valence-corrected chi connectivity index (χ3v) is 6.22. The lowest BCUT2D eigenvalue weighted by Gasteiger charge is -2.37. The van der Waals surface area contributed by atoms with E-state index in [9.17, 15) is 18.0 Å². The highest BCUT2D eigenvalue weighted by Gasteiger charge is 2.37. The molecule has 184 valence electrons. The molecule has 3 N–H and O–H groups in total. The Morgan fingerprint density at radius 1 is 1.18 bits per heavy atom. The molecule has 0 spiro atoms. The molecule has 1 saturated carbocycles. The van der Waals surface area contributed by atoms with E-state index in [0.717, 1.165) is 25.2 Å². The summed E-state index contributed by atoms with van der Waals surface area (Å²) < 4.78 is 43.4. The number of halogens is 3. The van der Waals surface area contributed by atoms with E-state index in [-0.39, 0.29) is 24.1 Å². The predicted molar refractivity (Wildman–Crippen MR) is 120 cm³/mol. The van der Waals surface area contributed by atoms with E-state index in [2.05, 4.69) is 35.9 Å². The van der Waals surface area contributed by atoms with Crippen LogP contribution in [0.15, 0.2) is 12.4 Å². The molecule has 34 heavy (non-hydrogen) atoms. The number of aryl methyl sites for hydroxylation is 1. The zero-order chi connectivity index (χ0) is 24.6. The molecule has 1 aliphatic carbocycles. The number of likely N-dealkylation sites (N-methyl/N-ethyl adjacent to an activating group) is 1. The van der Waals surface area contributed by atoms with Crippen molar-refractivity contribution in [2.24, 2.45) is 0 Å². The summed E-state index contributed by atoms with van der Waals surface area (Å²) in [5.41, 5.74) is 0.195. The average Bonchev–Trinajstić information content (AvgIpc) is 3.21. The summed E-state index contributed by atoms with van der Waals surface area (Å²) in [7, 11) is 3.36. The number of alkyl halides is 3. The average molecular weight is 480 g/mol. The van der Waals surface area contributed by atoms with Crippen LogP contribution in [0.3, 0.4) is 0 Å². The third-order valence-electron chi connectivity index (χ3n) is 6.22. The fraction of sp³-hybridized carbons (Fsp3) is 0.571. The molecule has 1 aliphatic heterocycles. The van der Waals surface area contributed by atoms with E-state index in [1.807, 2.05) is 13.8 Å². The molecule has 4 rings (SSSR count). The van der Waals surface area contributed by atoms with Crippen LogP contribution in [0, 0.1) is 6.92 Å². The van der Waals surface area contributed by atoms with Crippen LogP contribution < -0.4 is 20.9 Å². The largest absolute Gasteiger partial charge is 0.434 e. The number of nitrogens with zero attached hydrogens (tertiary/aromatic N) is 5. The van der Waals surface area contributed by atoms with Gasteiger partial charge in [0.1, 0.15) is 17.5 Å². The number of aromatic nitrogens is 4. The summed E-state index contributed by atoms with van der Waals surface area (Å²) in [6, 6.07) is -0.435. The van der Waals surface area contributed by atoms with E-state index < -0.39 is 17.9 Å². The summed E-state index contributed by atoms with van der Waals surface area (Å²) in [6.07, 6.45) is -0.697. The van der Waals surface area contributed by atoms with Gasteiger partial charge in [0.05, 0.1) is 24.2 Å². The summed E-state index contributed by atoms with van der Waals surface area (Å²) >= 11 is 0. The molecule has 0 aromatic carbocycles. The van der Waals surface area contributed by atoms with Crippen molar-refractivity contribution < 1.29 is 22.7 Å². The molecule has 2 aromatic rings. The SMILES string of the molecule is CO[C@H](C)[C@H]1C(=O)Nc2c(C)nc(N[C@@H]3CC[C@H](Nc4cnc(C(F)(F)F)cn4)C3)nc2N1C. The second-order valence-corrected chi connectivity index (χ2v) is 8.60. The molecule has 1 fully saturated rings. The number of hydrogen-bond acceptors (Lipinski definition) is 9. The highest BCUT2D eigenvalue weighted by molar-refractivity contribution is 6.03. The zero-order valence-electron chi connectivity index (χ0n) is 19.3. The van der Waals surface area contributed by atoms with Crippen molar-refractivity contribution >= 4 is 29.2 Å². The van der Waals surface area contributed by atoms with Crippen molar-refractivity contribution in [3.8, 4) is 0 Å². The summed E-state index contributed by atoms with van der Waals surface area (Å²) in [5.74, 6) is 1.18. The van der Waals surface area contributed by atoms with Gasteiger partial charge in [-0.05, 0) is 33.1 Å². The first kappa shape index (κ1) is 23.9. The molecule has 3 heterocycles. The minimum Gasteiger partial charge on any atom is -0.379 e. The van der Waals surface area contributed by atoms with Crippen molar-refractivity contribution in [2.75, 3.05) is 35.0 Å². The standard InChI is InChI=1S/C21H27F3N8O2/c1-10-16-18(32(3)17(11(2)34-4)19(33)30-16)31-20(27-10)29-13-6-5-12(7-13)28-15-9-25-14(8-26-15)21(22,23)24/h8-9,11-13,17H,5-7H2,1-4H3,(H,26,28)(H,30,33)(H,27,29,31)/t11-,12+,13-,17+/m1/s1. The van der Waals surface area contributed by atoms with Gasteiger partial charge in [0, 0.05) is 26.2 Å². The lowest BCUT2D eigenvalue weighted by molar-refractivity contribution is -0.141. The Morgan fingerprint density at radius 2 is 1.88 bits per heavy atom. The van der Waals surface area contributed by atoms with Crippen LogP contribution >= 0.6 is 0 Å². The number of amides is 1. The Balaban J connectivity index is 1.42. The number of carbonyl (C=O) groups excluding carboxylic acids is 1. The van der Waals surface area contributed by atoms with Gasteiger partial charge < -0.3 is 25.6 Å². The zero-order valence-corrected chi connectivity index (χ0v) is 19.3. The van der Waals surface area contributed by atoms with E-state index in [4.69, 9.17) is 4.74 Å². The molecule has 4 atom stereocenters. The van der Waals surface area contributed by atoms with E-state index in [0.29, 0.717) is 35.4 Å². The van der Waals surface area contributed by atoms with Crippen LogP contribution in [-0.4, -0.2) is 64.2 Å². The van der Waals surface area contributed by atoms with Gasteiger partial charge in [-0.1, -0.05) is 0 Å². The Bertz CT molecular complexity index is 1050. The predicted octanol–water partition coefficient (Wildman–Crippen LogP) is 2.83. The molecule has 0 saturated heterocycles. The fourth-order valence-electron chi connectivity index (χ4n) is 4.37. The highest BCUT2D eigenvalue weighted by atomic mass is 19.4. The molecule has 2 aliphatic rings. The van der Waals surface area contributed by atoms with Crippen molar-refractivity contribution in [1.29, 1.82) is 0 Å². The van der Waals surface area contributed by atoms with E-state index in [1.165, 1.54) is 0 Å². The van der Waals surface area contributed by atoms with Crippen LogP contribution in [0.25, 0.3) is 0 Å². The molecule has 1 amide bonds. The minimum atomic E-state index is -4.51. The van der Waals surface area contributed by atoms with Gasteiger partial charge in [-0.2, -0.15) is 18.2 Å². The van der Waals surface area contributed by atoms with Gasteiger partial charge in [0.15, 0.2) is 11.5 Å². The monoisotopic (exact) mass is 480 g/mol. The molecule has 10 nitrogen and oxygen atoms in total. The first-order chi connectivity index (χ1) is 16.1. The molecule has 13 heteroatoms. The fourth-order valence-corrected chi connectivity index (χ4v) is 4.37. The Morgan fingerprint density at radius 3 is 2.50 bits per heavy atom. The van der Waals surface area contributed by atoms with Crippen LogP contribution in [-0.2, 0) is 15.7 Å². The number of methoxy groups -OCH3 is 1. The summed E-state index contributed by atoms with van der Waals surface area (Å²) in [4.78, 5) is 30.8. The van der Waals surface area contributed by atoms with Gasteiger partial charge in [0.2, 0.25) is 11.9 Å². The maximum atomic E-state index is 12.7. The number of anilines is 4. The van der Waals surface area contributed by atoms with Crippen LogP contribution in [0.4, 0.5) is 36.4 Å². The normalized spacial score (nSPS) is 23.3. The Kier molecular flexibility index (Phi) is 6.47. The number of fused-ring (bicyclic) bond motifs is 1. The van der Waals surface area contributed by atoms with Gasteiger partial charge >= 0.3 is 6.18 Å². The molecular weight excluding hydrogens is 453 g/mol. The van der Waals surface area contributed by atoms with Gasteiger partial charge in [-0.25, -0.2) is 15.0 Å². The van der Waals surface area contributed by atoms with Crippen LogP contribution in [0.5, 0.6) is 0 Å². The maximum Gasteiger partial charge on any atom is 0.434 e. The number of ether oxygens (including phenoxy) is 1. The lowest BCUT2D eigenvalue weighted by atomic mass is 10.1. The van der Waals surface area contributed by atoms with Crippen molar-refractivity contribution in [1.82, 2.24) is 19.9 Å². The molecule has 0 radical (unpaired) electrons. The summed E-state index contributed by atoms with van der Waals surface area (Å²) in [6.45, 7) is 3.63. The van der Waals surface area contributed by atoms with E-state index >= 15 is 0 Å². The number of hydrogen-bond donors (Lipinski definition) is 3. The second-order valence-electron chi connectivity index (χ2n) is 8.60. The number of rotatable bonds is 6. The second kappa shape index (κ2) is 9.20. The molecule has 0 unspecified atom stereocenters. The molecule has 2 aromatic heterocycles. The lowest BCUT2D eigenvalue weighted by Crippen LogP contribution is -2.53. The molecule has 0 bridgehead atoms. The van der Waals surface area contributed by atoms with Crippen LogP contribution in [0.1, 0.15) is 37.6 Å². The highest BCUT2D eigenvalue weighted by Crippen LogP contribution is 2.34. The van der Waals surface area contributed by atoms with Crippen molar-refractivity contribution in [2.45, 2.75) is 63.5 Å². The smallest absolute Gasteiger partial charge is 0.379 e. The topological polar surface area (TPSA) is 117 Å². The number of nitrogens with one attached hydrogen (secondary N) is 3. The quantitative estimate of drug-likeness (QED) is 0.574. The summed E-state index contributed by atoms with van der Waals surface area (Å²) in [5, 5.41) is 9.38. The van der Waals surface area contributed by atoms with Gasteiger partial charge in [0.25, 0.3) is 0 Å². The maximum absolute atomic E-state index is 12.7. The van der Waals surface area contributed by atoms with Crippen molar-refractivity contribution in [3.63, 3.8) is 0 Å². The first-order valence-electron chi connectivity index (χ1n) is 10.9. The van der Waals surface area contributed by atoms with E-state index in [1.54, 1.807) is 19.1 Å².